The molecule has 0 saturated carbocycles. The largest absolute Gasteiger partial charge is 0.350 e. The molecule has 0 unspecified atom stereocenters. The SMILES string of the molecule is Cl.O=C(NCCN1CCN(C(=O)c2ccc(=O)[nH]c2)CC1)c1cccs1. The van der Waals surface area contributed by atoms with Crippen molar-refractivity contribution in [2.45, 2.75) is 0 Å². The van der Waals surface area contributed by atoms with E-state index in [4.69, 9.17) is 0 Å². The summed E-state index contributed by atoms with van der Waals surface area (Å²) < 4.78 is 0. The van der Waals surface area contributed by atoms with Gasteiger partial charge in [0.05, 0.1) is 10.4 Å². The maximum absolute atomic E-state index is 12.4. The summed E-state index contributed by atoms with van der Waals surface area (Å²) >= 11 is 1.43. The molecule has 0 bridgehead atoms. The van der Waals surface area contributed by atoms with Crippen molar-refractivity contribution < 1.29 is 9.59 Å². The molecule has 3 rings (SSSR count). The van der Waals surface area contributed by atoms with E-state index in [0.29, 0.717) is 25.2 Å². The number of piperazine rings is 1. The van der Waals surface area contributed by atoms with Crippen molar-refractivity contribution in [3.05, 3.63) is 56.6 Å². The minimum Gasteiger partial charge on any atom is -0.350 e. The fourth-order valence-corrected chi connectivity index (χ4v) is 3.36. The van der Waals surface area contributed by atoms with Gasteiger partial charge in [-0.15, -0.1) is 23.7 Å². The molecule has 2 aromatic rings. The maximum Gasteiger partial charge on any atom is 0.261 e. The van der Waals surface area contributed by atoms with Crippen LogP contribution in [0.2, 0.25) is 0 Å². The number of pyridine rings is 1. The van der Waals surface area contributed by atoms with Crippen molar-refractivity contribution in [3.63, 3.8) is 0 Å². The fraction of sp³-hybridized carbons (Fsp3) is 0.353. The Bertz CT molecular complexity index is 765. The highest BCUT2D eigenvalue weighted by Crippen LogP contribution is 2.08. The third-order valence-corrected chi connectivity index (χ3v) is 5.02. The molecule has 26 heavy (non-hydrogen) atoms. The molecular weight excluding hydrogens is 376 g/mol. The molecule has 1 saturated heterocycles. The van der Waals surface area contributed by atoms with Gasteiger partial charge in [0.1, 0.15) is 0 Å². The molecule has 9 heteroatoms. The molecule has 1 aliphatic rings. The fourth-order valence-electron chi connectivity index (χ4n) is 2.72. The van der Waals surface area contributed by atoms with E-state index in [2.05, 4.69) is 15.2 Å². The van der Waals surface area contributed by atoms with Crippen LogP contribution in [0.25, 0.3) is 0 Å². The molecule has 0 atom stereocenters. The monoisotopic (exact) mass is 396 g/mol. The Kier molecular flexibility index (Phi) is 7.38. The molecule has 3 heterocycles. The quantitative estimate of drug-likeness (QED) is 0.791. The van der Waals surface area contributed by atoms with E-state index in [1.54, 1.807) is 17.0 Å². The molecular formula is C17H21ClN4O3S. The Morgan fingerprint density at radius 2 is 1.92 bits per heavy atom. The van der Waals surface area contributed by atoms with Crippen LogP contribution in [-0.2, 0) is 0 Å². The highest BCUT2D eigenvalue weighted by atomic mass is 35.5. The predicted octanol–water partition coefficient (Wildman–Crippen LogP) is 1.05. The second kappa shape index (κ2) is 9.51. The second-order valence-electron chi connectivity index (χ2n) is 5.81. The number of nitrogens with zero attached hydrogens (tertiary/aromatic N) is 2. The van der Waals surface area contributed by atoms with Gasteiger partial charge in [0.25, 0.3) is 11.8 Å². The van der Waals surface area contributed by atoms with E-state index in [-0.39, 0.29) is 29.8 Å². The van der Waals surface area contributed by atoms with E-state index in [0.717, 1.165) is 24.5 Å². The van der Waals surface area contributed by atoms with Crippen molar-refractivity contribution in [1.82, 2.24) is 20.1 Å². The smallest absolute Gasteiger partial charge is 0.261 e. The number of amides is 2. The zero-order chi connectivity index (χ0) is 17.6. The Morgan fingerprint density at radius 1 is 1.15 bits per heavy atom. The van der Waals surface area contributed by atoms with Gasteiger partial charge in [-0.05, 0) is 17.5 Å². The molecule has 0 spiro atoms. The lowest BCUT2D eigenvalue weighted by Crippen LogP contribution is -2.50. The number of halogens is 1. The van der Waals surface area contributed by atoms with Crippen LogP contribution in [-0.4, -0.2) is 65.9 Å². The van der Waals surface area contributed by atoms with Gasteiger partial charge in [0.15, 0.2) is 0 Å². The first-order valence-electron chi connectivity index (χ1n) is 8.15. The number of rotatable bonds is 5. The normalized spacial score (nSPS) is 14.5. The van der Waals surface area contributed by atoms with Crippen LogP contribution in [0.4, 0.5) is 0 Å². The molecule has 7 nitrogen and oxygen atoms in total. The first kappa shape index (κ1) is 20.2. The lowest BCUT2D eigenvalue weighted by molar-refractivity contribution is 0.0637. The van der Waals surface area contributed by atoms with Gasteiger partial charge in [-0.25, -0.2) is 0 Å². The highest BCUT2D eigenvalue weighted by Gasteiger charge is 2.22. The van der Waals surface area contributed by atoms with Gasteiger partial charge in [-0.2, -0.15) is 0 Å². The van der Waals surface area contributed by atoms with Crippen molar-refractivity contribution in [2.24, 2.45) is 0 Å². The second-order valence-corrected chi connectivity index (χ2v) is 6.76. The lowest BCUT2D eigenvalue weighted by atomic mass is 10.2. The summed E-state index contributed by atoms with van der Waals surface area (Å²) in [7, 11) is 0. The minimum atomic E-state index is -0.217. The molecule has 2 N–H and O–H groups in total. The van der Waals surface area contributed by atoms with Crippen LogP contribution in [0.1, 0.15) is 20.0 Å². The average molecular weight is 397 g/mol. The molecule has 0 aliphatic carbocycles. The molecule has 0 aromatic carbocycles. The van der Waals surface area contributed by atoms with Crippen LogP contribution in [0, 0.1) is 0 Å². The minimum absolute atomic E-state index is 0. The number of nitrogens with one attached hydrogen (secondary N) is 2. The molecule has 140 valence electrons. The van der Waals surface area contributed by atoms with Gasteiger partial charge < -0.3 is 15.2 Å². The summed E-state index contributed by atoms with van der Waals surface area (Å²) in [5.74, 6) is -0.108. The van der Waals surface area contributed by atoms with E-state index in [1.807, 2.05) is 11.4 Å². The Hall–Kier alpha value is -2.16. The van der Waals surface area contributed by atoms with E-state index >= 15 is 0 Å². The van der Waals surface area contributed by atoms with E-state index < -0.39 is 0 Å². The van der Waals surface area contributed by atoms with Crippen LogP contribution in [0.3, 0.4) is 0 Å². The summed E-state index contributed by atoms with van der Waals surface area (Å²) in [6.07, 6.45) is 1.46. The number of thiophene rings is 1. The van der Waals surface area contributed by atoms with Gasteiger partial charge in [-0.3, -0.25) is 19.3 Å². The number of aromatic nitrogens is 1. The van der Waals surface area contributed by atoms with Gasteiger partial charge in [0.2, 0.25) is 5.56 Å². The molecule has 2 amide bonds. The van der Waals surface area contributed by atoms with Crippen LogP contribution >= 0.6 is 23.7 Å². The summed E-state index contributed by atoms with van der Waals surface area (Å²) in [6.45, 7) is 4.16. The Balaban J connectivity index is 0.00000243. The summed E-state index contributed by atoms with van der Waals surface area (Å²) in [4.78, 5) is 42.6. The number of hydrogen-bond acceptors (Lipinski definition) is 5. The number of H-pyrrole nitrogens is 1. The van der Waals surface area contributed by atoms with E-state index in [9.17, 15) is 14.4 Å². The summed E-state index contributed by atoms with van der Waals surface area (Å²) in [5, 5.41) is 4.80. The van der Waals surface area contributed by atoms with Crippen LogP contribution < -0.4 is 10.9 Å². The zero-order valence-electron chi connectivity index (χ0n) is 14.1. The van der Waals surface area contributed by atoms with Gasteiger partial charge >= 0.3 is 0 Å². The third-order valence-electron chi connectivity index (χ3n) is 4.15. The summed E-state index contributed by atoms with van der Waals surface area (Å²) in [5.41, 5.74) is 0.280. The number of carbonyl (C=O) groups excluding carboxylic acids is 2. The van der Waals surface area contributed by atoms with Gasteiger partial charge in [0, 0.05) is 51.5 Å². The third kappa shape index (κ3) is 5.17. The number of hydrogen-bond donors (Lipinski definition) is 2. The first-order valence-corrected chi connectivity index (χ1v) is 9.03. The first-order chi connectivity index (χ1) is 12.1. The van der Waals surface area contributed by atoms with Crippen molar-refractivity contribution >= 4 is 35.6 Å². The molecule has 2 aromatic heterocycles. The van der Waals surface area contributed by atoms with Gasteiger partial charge in [-0.1, -0.05) is 6.07 Å². The average Bonchev–Trinajstić information content (AvgIpc) is 3.17. The Labute approximate surface area is 161 Å². The van der Waals surface area contributed by atoms with E-state index in [1.165, 1.54) is 23.6 Å². The Morgan fingerprint density at radius 3 is 2.54 bits per heavy atom. The van der Waals surface area contributed by atoms with Crippen LogP contribution in [0.15, 0.2) is 40.6 Å². The molecule has 1 fully saturated rings. The maximum atomic E-state index is 12.4. The van der Waals surface area contributed by atoms with Crippen LogP contribution in [0.5, 0.6) is 0 Å². The predicted molar refractivity (Wildman–Crippen MR) is 103 cm³/mol. The van der Waals surface area contributed by atoms with Crippen molar-refractivity contribution in [1.29, 1.82) is 0 Å². The highest BCUT2D eigenvalue weighted by molar-refractivity contribution is 7.12. The van der Waals surface area contributed by atoms with Crippen molar-refractivity contribution in [2.75, 3.05) is 39.3 Å². The molecule has 1 aliphatic heterocycles. The number of aromatic amines is 1. The molecule has 0 radical (unpaired) electrons. The lowest BCUT2D eigenvalue weighted by Gasteiger charge is -2.34. The number of carbonyl (C=O) groups is 2. The topological polar surface area (TPSA) is 85.5 Å². The summed E-state index contributed by atoms with van der Waals surface area (Å²) in [6, 6.07) is 6.58. The zero-order valence-corrected chi connectivity index (χ0v) is 15.8. The van der Waals surface area contributed by atoms with Crippen molar-refractivity contribution in [3.8, 4) is 0 Å². The standard InChI is InChI=1S/C17H20N4O3S.ClH/c22-15-4-3-13(12-19-15)17(24)21-9-7-20(8-10-21)6-5-18-16(23)14-2-1-11-25-14;/h1-4,11-12H,5-10H2,(H,18,23)(H,19,22);1H.